The van der Waals surface area contributed by atoms with Gasteiger partial charge in [-0.2, -0.15) is 5.10 Å². The van der Waals surface area contributed by atoms with Gasteiger partial charge < -0.3 is 4.74 Å². The maximum absolute atomic E-state index is 12.3. The van der Waals surface area contributed by atoms with E-state index >= 15 is 0 Å². The minimum Gasteiger partial charge on any atom is -0.495 e. The number of fused-ring (bicyclic) bond motifs is 1. The molecular formula is C20H16I2N2O2. The molecule has 1 N–H and O–H groups in total. The summed E-state index contributed by atoms with van der Waals surface area (Å²) in [6.07, 6.45) is 1.89. The summed E-state index contributed by atoms with van der Waals surface area (Å²) >= 11 is 4.46. The van der Waals surface area contributed by atoms with Crippen molar-refractivity contribution in [1.82, 2.24) is 5.43 Å². The Morgan fingerprint density at radius 3 is 2.73 bits per heavy atom. The Morgan fingerprint density at radius 2 is 1.92 bits per heavy atom. The number of amides is 1. The van der Waals surface area contributed by atoms with E-state index in [2.05, 4.69) is 55.7 Å². The van der Waals surface area contributed by atoms with Crippen LogP contribution in [0.3, 0.4) is 0 Å². The Bertz CT molecular complexity index is 981. The van der Waals surface area contributed by atoms with Crippen molar-refractivity contribution in [3.63, 3.8) is 0 Å². The van der Waals surface area contributed by atoms with Crippen molar-refractivity contribution >= 4 is 68.1 Å². The van der Waals surface area contributed by atoms with Crippen LogP contribution >= 0.6 is 45.2 Å². The maximum atomic E-state index is 12.3. The SMILES string of the molecule is COc1c(I)cc(I)cc1/C=N\NC(=O)Cc1cccc2ccccc12. The second kappa shape index (κ2) is 8.81. The number of rotatable bonds is 5. The fraction of sp³-hybridized carbons (Fsp3) is 0.100. The molecule has 0 heterocycles. The number of hydrogen-bond acceptors (Lipinski definition) is 3. The van der Waals surface area contributed by atoms with Gasteiger partial charge in [0.05, 0.1) is 23.3 Å². The van der Waals surface area contributed by atoms with Gasteiger partial charge >= 0.3 is 0 Å². The van der Waals surface area contributed by atoms with Crippen LogP contribution in [0.5, 0.6) is 5.75 Å². The summed E-state index contributed by atoms with van der Waals surface area (Å²) in [5.41, 5.74) is 4.42. The molecule has 0 saturated carbocycles. The zero-order chi connectivity index (χ0) is 18.5. The number of benzene rings is 3. The van der Waals surface area contributed by atoms with Gasteiger partial charge in [-0.05, 0) is 73.7 Å². The van der Waals surface area contributed by atoms with Crippen LogP contribution in [0.15, 0.2) is 59.7 Å². The molecular weight excluding hydrogens is 554 g/mol. The molecule has 3 rings (SSSR count). The number of nitrogens with one attached hydrogen (secondary N) is 1. The number of ether oxygens (including phenoxy) is 1. The topological polar surface area (TPSA) is 50.7 Å². The number of halogens is 2. The maximum Gasteiger partial charge on any atom is 0.244 e. The Hall–Kier alpha value is -1.68. The van der Waals surface area contributed by atoms with Gasteiger partial charge in [0.15, 0.2) is 0 Å². The van der Waals surface area contributed by atoms with Crippen molar-refractivity contribution in [1.29, 1.82) is 0 Å². The smallest absolute Gasteiger partial charge is 0.244 e. The average Bonchev–Trinajstić information content (AvgIpc) is 2.62. The highest BCUT2D eigenvalue weighted by Crippen LogP contribution is 2.26. The molecule has 3 aromatic rings. The molecule has 0 radical (unpaired) electrons. The van der Waals surface area contributed by atoms with E-state index in [0.29, 0.717) is 0 Å². The first-order valence-corrected chi connectivity index (χ1v) is 10.1. The summed E-state index contributed by atoms with van der Waals surface area (Å²) in [5.74, 6) is 0.593. The molecule has 1 amide bonds. The number of carbonyl (C=O) groups is 1. The van der Waals surface area contributed by atoms with Crippen LogP contribution in [0.2, 0.25) is 0 Å². The molecule has 3 aromatic carbocycles. The minimum absolute atomic E-state index is 0.156. The summed E-state index contributed by atoms with van der Waals surface area (Å²) in [7, 11) is 1.63. The molecule has 0 fully saturated rings. The van der Waals surface area contributed by atoms with Crippen LogP contribution in [-0.2, 0) is 11.2 Å². The summed E-state index contributed by atoms with van der Waals surface area (Å²) in [5, 5.41) is 6.31. The highest BCUT2D eigenvalue weighted by Gasteiger charge is 2.08. The van der Waals surface area contributed by atoms with Gasteiger partial charge in [-0.1, -0.05) is 42.5 Å². The number of methoxy groups -OCH3 is 1. The number of nitrogens with zero attached hydrogens (tertiary/aromatic N) is 1. The summed E-state index contributed by atoms with van der Waals surface area (Å²) < 4.78 is 7.50. The Labute approximate surface area is 179 Å². The van der Waals surface area contributed by atoms with Crippen molar-refractivity contribution in [2.45, 2.75) is 6.42 Å². The van der Waals surface area contributed by atoms with E-state index in [1.165, 1.54) is 0 Å². The lowest BCUT2D eigenvalue weighted by molar-refractivity contribution is -0.120. The van der Waals surface area contributed by atoms with Crippen molar-refractivity contribution < 1.29 is 9.53 Å². The molecule has 0 unspecified atom stereocenters. The summed E-state index contributed by atoms with van der Waals surface area (Å²) in [6.45, 7) is 0. The second-order valence-corrected chi connectivity index (χ2v) is 8.03. The van der Waals surface area contributed by atoms with E-state index in [1.807, 2.05) is 54.6 Å². The van der Waals surface area contributed by atoms with Crippen LogP contribution in [0, 0.1) is 7.14 Å². The lowest BCUT2D eigenvalue weighted by Crippen LogP contribution is -2.20. The minimum atomic E-state index is -0.156. The highest BCUT2D eigenvalue weighted by molar-refractivity contribution is 14.1. The summed E-state index contributed by atoms with van der Waals surface area (Å²) in [6, 6.07) is 18.0. The van der Waals surface area contributed by atoms with Crippen LogP contribution in [0.1, 0.15) is 11.1 Å². The van der Waals surface area contributed by atoms with Gasteiger partial charge in [-0.15, -0.1) is 0 Å². The molecule has 0 aliphatic heterocycles. The van der Waals surface area contributed by atoms with Crippen molar-refractivity contribution in [2.24, 2.45) is 5.10 Å². The van der Waals surface area contributed by atoms with Gasteiger partial charge in [0.1, 0.15) is 5.75 Å². The Balaban J connectivity index is 1.72. The molecule has 26 heavy (non-hydrogen) atoms. The van der Waals surface area contributed by atoms with E-state index in [4.69, 9.17) is 4.74 Å². The predicted molar refractivity (Wildman–Crippen MR) is 122 cm³/mol. The third-order valence-corrected chi connectivity index (χ3v) is 5.29. The lowest BCUT2D eigenvalue weighted by atomic mass is 10.0. The standard InChI is InChI=1S/C20H16I2N2O2/c1-26-20-15(9-16(21)11-18(20)22)12-23-24-19(25)10-14-7-4-6-13-5-2-3-8-17(13)14/h2-9,11-12H,10H2,1H3,(H,24,25)/b23-12-. The molecule has 0 atom stereocenters. The van der Waals surface area contributed by atoms with E-state index in [9.17, 15) is 4.79 Å². The highest BCUT2D eigenvalue weighted by atomic mass is 127. The van der Waals surface area contributed by atoms with Crippen LogP contribution in [0.4, 0.5) is 0 Å². The monoisotopic (exact) mass is 570 g/mol. The van der Waals surface area contributed by atoms with E-state index in [-0.39, 0.29) is 12.3 Å². The quantitative estimate of drug-likeness (QED) is 0.274. The van der Waals surface area contributed by atoms with Crippen LogP contribution in [0.25, 0.3) is 10.8 Å². The van der Waals surface area contributed by atoms with E-state index in [1.54, 1.807) is 13.3 Å². The van der Waals surface area contributed by atoms with E-state index in [0.717, 1.165) is 34.8 Å². The van der Waals surface area contributed by atoms with Gasteiger partial charge in [0, 0.05) is 9.13 Å². The van der Waals surface area contributed by atoms with Crippen LogP contribution in [-0.4, -0.2) is 19.2 Å². The predicted octanol–water partition coefficient (Wildman–Crippen LogP) is 4.75. The first-order valence-electron chi connectivity index (χ1n) is 7.90. The number of carbonyl (C=O) groups excluding carboxylic acids is 1. The second-order valence-electron chi connectivity index (χ2n) is 5.62. The van der Waals surface area contributed by atoms with Crippen molar-refractivity contribution in [3.05, 3.63) is 72.9 Å². The molecule has 132 valence electrons. The molecule has 0 aliphatic carbocycles. The largest absolute Gasteiger partial charge is 0.495 e. The van der Waals surface area contributed by atoms with Gasteiger partial charge in [0.2, 0.25) is 5.91 Å². The molecule has 0 saturated heterocycles. The summed E-state index contributed by atoms with van der Waals surface area (Å²) in [4.78, 5) is 12.3. The molecule has 0 spiro atoms. The Morgan fingerprint density at radius 1 is 1.15 bits per heavy atom. The lowest BCUT2D eigenvalue weighted by Gasteiger charge is -2.08. The Kier molecular flexibility index (Phi) is 6.47. The van der Waals surface area contributed by atoms with Crippen molar-refractivity contribution in [2.75, 3.05) is 7.11 Å². The van der Waals surface area contributed by atoms with E-state index < -0.39 is 0 Å². The fourth-order valence-electron chi connectivity index (χ4n) is 2.72. The molecule has 0 bridgehead atoms. The molecule has 0 aliphatic rings. The third kappa shape index (κ3) is 4.53. The zero-order valence-corrected chi connectivity index (χ0v) is 18.3. The normalized spacial score (nSPS) is 11.0. The third-order valence-electron chi connectivity index (χ3n) is 3.87. The van der Waals surface area contributed by atoms with Gasteiger partial charge in [-0.25, -0.2) is 5.43 Å². The molecule has 0 aromatic heterocycles. The first kappa shape index (κ1) is 19.1. The average molecular weight is 570 g/mol. The molecule has 6 heteroatoms. The molecule has 4 nitrogen and oxygen atoms in total. The van der Waals surface area contributed by atoms with Crippen molar-refractivity contribution in [3.8, 4) is 5.75 Å². The zero-order valence-electron chi connectivity index (χ0n) is 14.0. The van der Waals surface area contributed by atoms with Gasteiger partial charge in [-0.3, -0.25) is 4.79 Å². The number of hydrogen-bond donors (Lipinski definition) is 1. The first-order chi connectivity index (χ1) is 12.6. The van der Waals surface area contributed by atoms with Gasteiger partial charge in [0.25, 0.3) is 0 Å². The van der Waals surface area contributed by atoms with Crippen LogP contribution < -0.4 is 10.2 Å². The number of hydrazone groups is 1. The fourth-order valence-corrected chi connectivity index (χ4v) is 4.83.